The van der Waals surface area contributed by atoms with E-state index in [9.17, 15) is 4.79 Å². The van der Waals surface area contributed by atoms with Crippen molar-refractivity contribution < 1.29 is 19.0 Å². The number of terminal acetylenes is 1. The van der Waals surface area contributed by atoms with Gasteiger partial charge in [0.25, 0.3) is 0 Å². The average Bonchev–Trinajstić information content (AvgIpc) is 3.18. The molecule has 4 heteroatoms. The Hall–Kier alpha value is -2.93. The molecule has 24 heavy (non-hydrogen) atoms. The molecule has 0 saturated carbocycles. The van der Waals surface area contributed by atoms with Gasteiger partial charge in [0, 0.05) is 29.9 Å². The normalized spacial score (nSPS) is 17.5. The second kappa shape index (κ2) is 5.93. The molecule has 2 aromatic carbocycles. The van der Waals surface area contributed by atoms with Gasteiger partial charge >= 0.3 is 0 Å². The van der Waals surface area contributed by atoms with Gasteiger partial charge in [-0.15, -0.1) is 12.3 Å². The van der Waals surface area contributed by atoms with E-state index in [2.05, 4.69) is 5.92 Å². The molecule has 0 saturated heterocycles. The van der Waals surface area contributed by atoms with Crippen molar-refractivity contribution in [1.82, 2.24) is 0 Å². The quantitative estimate of drug-likeness (QED) is 0.638. The van der Waals surface area contributed by atoms with E-state index >= 15 is 0 Å². The first-order valence-electron chi connectivity index (χ1n) is 7.90. The van der Waals surface area contributed by atoms with E-state index in [0.717, 1.165) is 16.9 Å². The molecule has 1 aliphatic heterocycles. The van der Waals surface area contributed by atoms with Crippen LogP contribution >= 0.6 is 0 Å². The highest BCUT2D eigenvalue weighted by atomic mass is 16.7. The van der Waals surface area contributed by atoms with Gasteiger partial charge in [-0.05, 0) is 23.8 Å². The molecule has 120 valence electrons. The van der Waals surface area contributed by atoms with Crippen molar-refractivity contribution in [3.8, 4) is 29.6 Å². The van der Waals surface area contributed by atoms with Crippen molar-refractivity contribution in [2.45, 2.75) is 18.8 Å². The zero-order valence-corrected chi connectivity index (χ0v) is 13.1. The Bertz CT molecular complexity index is 847. The highest BCUT2D eigenvalue weighted by Crippen LogP contribution is 2.46. The molecule has 1 heterocycles. The zero-order chi connectivity index (χ0) is 16.5. The lowest BCUT2D eigenvalue weighted by molar-refractivity contribution is 0.0990. The molecule has 4 nitrogen and oxygen atoms in total. The number of rotatable bonds is 4. The minimum absolute atomic E-state index is 0.0379. The lowest BCUT2D eigenvalue weighted by Gasteiger charge is -2.16. The molecule has 0 N–H and O–H groups in total. The number of hydrogen-bond donors (Lipinski definition) is 0. The predicted molar refractivity (Wildman–Crippen MR) is 88.7 cm³/mol. The summed E-state index contributed by atoms with van der Waals surface area (Å²) in [6, 6.07) is 11.5. The lowest BCUT2D eigenvalue weighted by Crippen LogP contribution is -2.03. The summed E-state index contributed by atoms with van der Waals surface area (Å²) in [6.07, 6.45) is 6.26. The molecule has 0 aromatic heterocycles. The van der Waals surface area contributed by atoms with Crippen molar-refractivity contribution >= 4 is 5.78 Å². The first-order chi connectivity index (χ1) is 11.8. The number of ketones is 1. The van der Waals surface area contributed by atoms with Gasteiger partial charge in [-0.2, -0.15) is 0 Å². The van der Waals surface area contributed by atoms with Crippen LogP contribution in [0.15, 0.2) is 36.4 Å². The first kappa shape index (κ1) is 14.6. The third kappa shape index (κ3) is 2.39. The van der Waals surface area contributed by atoms with Crippen LogP contribution < -0.4 is 14.2 Å². The fraction of sp³-hybridized carbons (Fsp3) is 0.250. The number of para-hydroxylation sites is 1. The van der Waals surface area contributed by atoms with Gasteiger partial charge in [0.05, 0.1) is 6.61 Å². The summed E-state index contributed by atoms with van der Waals surface area (Å²) in [5, 5.41) is 0. The third-order valence-corrected chi connectivity index (χ3v) is 4.41. The number of carbonyl (C=O) groups excluding carboxylic acids is 1. The third-order valence-electron chi connectivity index (χ3n) is 4.41. The van der Waals surface area contributed by atoms with Crippen molar-refractivity contribution in [3.05, 3.63) is 53.1 Å². The molecule has 1 aliphatic carbocycles. The summed E-state index contributed by atoms with van der Waals surface area (Å²) in [6.45, 7) is 0.658. The smallest absolute Gasteiger partial charge is 0.231 e. The van der Waals surface area contributed by atoms with Crippen molar-refractivity contribution in [2.75, 3.05) is 13.4 Å². The van der Waals surface area contributed by atoms with E-state index < -0.39 is 0 Å². The molecule has 2 aromatic rings. The number of hydrogen-bond acceptors (Lipinski definition) is 4. The van der Waals surface area contributed by atoms with Gasteiger partial charge in [0.2, 0.25) is 6.79 Å². The molecule has 0 spiro atoms. The lowest BCUT2D eigenvalue weighted by atomic mass is 9.92. The highest BCUT2D eigenvalue weighted by molar-refractivity contribution is 6.02. The Morgan fingerprint density at radius 1 is 1.17 bits per heavy atom. The van der Waals surface area contributed by atoms with E-state index in [-0.39, 0.29) is 18.5 Å². The number of ether oxygens (including phenoxy) is 3. The molecular formula is C20H16O4. The average molecular weight is 320 g/mol. The van der Waals surface area contributed by atoms with Crippen LogP contribution in [-0.2, 0) is 0 Å². The first-order valence-corrected chi connectivity index (χ1v) is 7.90. The topological polar surface area (TPSA) is 44.8 Å². The minimum atomic E-state index is -0.0379. The largest absolute Gasteiger partial charge is 0.492 e. The number of benzene rings is 2. The Morgan fingerprint density at radius 3 is 2.79 bits per heavy atom. The summed E-state index contributed by atoms with van der Waals surface area (Å²) in [5.74, 6) is 4.76. The summed E-state index contributed by atoms with van der Waals surface area (Å²) >= 11 is 0. The van der Waals surface area contributed by atoms with Gasteiger partial charge in [-0.3, -0.25) is 4.79 Å². The van der Waals surface area contributed by atoms with Crippen LogP contribution in [0, 0.1) is 12.3 Å². The summed E-state index contributed by atoms with van der Waals surface area (Å²) in [5.41, 5.74) is 2.68. The van der Waals surface area contributed by atoms with Gasteiger partial charge < -0.3 is 14.2 Å². The van der Waals surface area contributed by atoms with Crippen LogP contribution in [0.2, 0.25) is 0 Å². The monoisotopic (exact) mass is 320 g/mol. The van der Waals surface area contributed by atoms with E-state index in [1.807, 2.05) is 30.3 Å². The molecule has 0 bridgehead atoms. The summed E-state index contributed by atoms with van der Waals surface area (Å²) in [4.78, 5) is 12.5. The molecular weight excluding hydrogens is 304 g/mol. The highest BCUT2D eigenvalue weighted by Gasteiger charge is 2.34. The Balaban J connectivity index is 1.73. The van der Waals surface area contributed by atoms with Crippen LogP contribution in [-0.4, -0.2) is 19.2 Å². The molecule has 2 aliphatic rings. The number of Topliss-reactive ketones (excluding diaryl/α,β-unsaturated/α-hetero) is 1. The predicted octanol–water partition coefficient (Wildman–Crippen LogP) is 3.54. The maximum atomic E-state index is 12.5. The van der Waals surface area contributed by atoms with Gasteiger partial charge in [0.1, 0.15) is 5.75 Å². The summed E-state index contributed by atoms with van der Waals surface area (Å²) < 4.78 is 16.7. The van der Waals surface area contributed by atoms with Gasteiger partial charge in [0.15, 0.2) is 17.3 Å². The second-order valence-corrected chi connectivity index (χ2v) is 5.81. The second-order valence-electron chi connectivity index (χ2n) is 5.81. The molecule has 0 amide bonds. The fourth-order valence-corrected chi connectivity index (χ4v) is 3.29. The van der Waals surface area contributed by atoms with Gasteiger partial charge in [-0.25, -0.2) is 0 Å². The van der Waals surface area contributed by atoms with Crippen molar-refractivity contribution in [2.24, 2.45) is 0 Å². The molecule has 1 atom stereocenters. The van der Waals surface area contributed by atoms with Crippen LogP contribution in [0.4, 0.5) is 0 Å². The van der Waals surface area contributed by atoms with E-state index in [0.29, 0.717) is 36.5 Å². The zero-order valence-electron chi connectivity index (χ0n) is 13.1. The van der Waals surface area contributed by atoms with Crippen LogP contribution in [0.1, 0.15) is 40.2 Å². The number of fused-ring (bicyclic) bond motifs is 2. The van der Waals surface area contributed by atoms with Gasteiger partial charge in [-0.1, -0.05) is 18.2 Å². The fourth-order valence-electron chi connectivity index (χ4n) is 3.29. The molecule has 0 fully saturated rings. The van der Waals surface area contributed by atoms with Crippen LogP contribution in [0.5, 0.6) is 17.2 Å². The Kier molecular flexibility index (Phi) is 3.62. The van der Waals surface area contributed by atoms with E-state index in [4.69, 9.17) is 20.6 Å². The maximum Gasteiger partial charge on any atom is 0.231 e. The Morgan fingerprint density at radius 2 is 1.96 bits per heavy atom. The molecule has 1 unspecified atom stereocenters. The van der Waals surface area contributed by atoms with Crippen molar-refractivity contribution in [1.29, 1.82) is 0 Å². The maximum absolute atomic E-state index is 12.5. The summed E-state index contributed by atoms with van der Waals surface area (Å²) in [7, 11) is 0. The van der Waals surface area contributed by atoms with Crippen LogP contribution in [0.25, 0.3) is 0 Å². The number of carbonyl (C=O) groups is 1. The van der Waals surface area contributed by atoms with Crippen LogP contribution in [0.3, 0.4) is 0 Å². The minimum Gasteiger partial charge on any atom is -0.492 e. The van der Waals surface area contributed by atoms with E-state index in [1.54, 1.807) is 6.07 Å². The molecule has 4 rings (SSSR count). The Labute approximate surface area is 140 Å². The SMILES string of the molecule is C#CCCOc1ccccc1C1CC(=O)c2cc3c(cc21)OCO3. The van der Waals surface area contributed by atoms with E-state index in [1.165, 1.54) is 0 Å². The van der Waals surface area contributed by atoms with Crippen molar-refractivity contribution in [3.63, 3.8) is 0 Å². The standard InChI is InChI=1S/C20H16O4/c1-2-3-8-22-18-7-5-4-6-13(18)14-9-17(21)16-11-20-19(10-15(14)16)23-12-24-20/h1,4-7,10-11,14H,3,8-9,12H2. The molecule has 0 radical (unpaired) electrons.